The van der Waals surface area contributed by atoms with Gasteiger partial charge < -0.3 is 9.64 Å². The van der Waals surface area contributed by atoms with Gasteiger partial charge in [-0.05, 0) is 45.2 Å². The lowest BCUT2D eigenvalue weighted by molar-refractivity contribution is -0.118. The van der Waals surface area contributed by atoms with Crippen molar-refractivity contribution in [3.63, 3.8) is 0 Å². The number of amides is 2. The molecule has 0 fully saturated rings. The number of carbonyl (C=O) groups is 2. The molecule has 0 aromatic heterocycles. The summed E-state index contributed by atoms with van der Waals surface area (Å²) in [7, 11) is 3.44. The number of nitrogens with zero attached hydrogens (tertiary/aromatic N) is 3. The van der Waals surface area contributed by atoms with E-state index in [-0.39, 0.29) is 18.4 Å². The molecule has 0 N–H and O–H groups in total. The van der Waals surface area contributed by atoms with Gasteiger partial charge in [-0.3, -0.25) is 19.4 Å². The molecular weight excluding hydrogens is 378 g/mol. The topological polar surface area (TPSA) is 53.1 Å². The Kier molecular flexibility index (Phi) is 8.62. The Balaban J connectivity index is 2.58. The average Bonchev–Trinajstić information content (AvgIpc) is 2.75. The maximum absolute atomic E-state index is 13.4. The molecule has 0 atom stereocenters. The minimum Gasteiger partial charge on any atom is -0.497 e. The lowest BCUT2D eigenvalue weighted by atomic mass is 10.1. The summed E-state index contributed by atoms with van der Waals surface area (Å²) in [6.07, 6.45) is 1.75. The standard InChI is InChI=1S/C24H31N3O3/c1-6-16-25(4)18-23(28)27(19-12-11-13-20(17-19)30-5)22-15-10-9-14-21(22)24(29)26(7-2)8-3/h6,9-15,17H,1,7-8,16,18H2,2-5H3. The highest BCUT2D eigenvalue weighted by molar-refractivity contribution is 6.08. The van der Waals surface area contributed by atoms with Gasteiger partial charge in [0.25, 0.3) is 5.91 Å². The number of benzene rings is 2. The van der Waals surface area contributed by atoms with Crippen LogP contribution in [0.2, 0.25) is 0 Å². The van der Waals surface area contributed by atoms with Gasteiger partial charge in [0.15, 0.2) is 0 Å². The number of carbonyl (C=O) groups excluding carboxylic acids is 2. The third-order valence-corrected chi connectivity index (χ3v) is 4.83. The summed E-state index contributed by atoms with van der Waals surface area (Å²) in [6, 6.07) is 14.5. The second-order valence-electron chi connectivity index (χ2n) is 6.91. The zero-order valence-corrected chi connectivity index (χ0v) is 18.3. The van der Waals surface area contributed by atoms with Crippen LogP contribution in [0.3, 0.4) is 0 Å². The van der Waals surface area contributed by atoms with E-state index in [9.17, 15) is 9.59 Å². The number of hydrogen-bond acceptors (Lipinski definition) is 4. The van der Waals surface area contributed by atoms with Crippen molar-refractivity contribution in [2.24, 2.45) is 0 Å². The third-order valence-electron chi connectivity index (χ3n) is 4.83. The SMILES string of the molecule is C=CCN(C)CC(=O)N(c1cccc(OC)c1)c1ccccc1C(=O)N(CC)CC. The first-order chi connectivity index (χ1) is 14.5. The Morgan fingerprint density at radius 1 is 1.07 bits per heavy atom. The molecule has 0 radical (unpaired) electrons. The van der Waals surface area contributed by atoms with E-state index >= 15 is 0 Å². The van der Waals surface area contributed by atoms with E-state index in [1.54, 1.807) is 35.1 Å². The van der Waals surface area contributed by atoms with Gasteiger partial charge in [0.05, 0.1) is 30.6 Å². The van der Waals surface area contributed by atoms with Crippen LogP contribution in [0.5, 0.6) is 5.75 Å². The number of likely N-dealkylation sites (N-methyl/N-ethyl adjacent to an activating group) is 1. The molecule has 160 valence electrons. The van der Waals surface area contributed by atoms with Crippen molar-refractivity contribution in [1.82, 2.24) is 9.80 Å². The number of anilines is 2. The number of methoxy groups -OCH3 is 1. The van der Waals surface area contributed by atoms with E-state index in [2.05, 4.69) is 6.58 Å². The quantitative estimate of drug-likeness (QED) is 0.558. The van der Waals surface area contributed by atoms with Gasteiger partial charge in [0.1, 0.15) is 5.75 Å². The molecule has 0 bridgehead atoms. The molecule has 2 rings (SSSR count). The van der Waals surface area contributed by atoms with E-state index < -0.39 is 0 Å². The van der Waals surface area contributed by atoms with Gasteiger partial charge in [-0.25, -0.2) is 0 Å². The zero-order chi connectivity index (χ0) is 22.1. The van der Waals surface area contributed by atoms with Gasteiger partial charge in [0, 0.05) is 25.7 Å². The minimum atomic E-state index is -0.146. The van der Waals surface area contributed by atoms with Crippen molar-refractivity contribution >= 4 is 23.2 Å². The molecule has 6 nitrogen and oxygen atoms in total. The van der Waals surface area contributed by atoms with Crippen LogP contribution < -0.4 is 9.64 Å². The van der Waals surface area contributed by atoms with Crippen molar-refractivity contribution in [2.45, 2.75) is 13.8 Å². The fourth-order valence-corrected chi connectivity index (χ4v) is 3.28. The van der Waals surface area contributed by atoms with Gasteiger partial charge in [-0.15, -0.1) is 6.58 Å². The molecule has 0 aliphatic rings. The summed E-state index contributed by atoms with van der Waals surface area (Å²) in [5.74, 6) is 0.389. The third kappa shape index (κ3) is 5.48. The second-order valence-corrected chi connectivity index (χ2v) is 6.91. The Morgan fingerprint density at radius 3 is 2.40 bits per heavy atom. The van der Waals surface area contributed by atoms with E-state index in [1.807, 2.05) is 62.2 Å². The molecule has 0 saturated carbocycles. The van der Waals surface area contributed by atoms with Gasteiger partial charge in [-0.1, -0.05) is 24.3 Å². The van der Waals surface area contributed by atoms with Crippen LogP contribution >= 0.6 is 0 Å². The normalized spacial score (nSPS) is 10.6. The molecule has 30 heavy (non-hydrogen) atoms. The van der Waals surface area contributed by atoms with Gasteiger partial charge in [-0.2, -0.15) is 0 Å². The van der Waals surface area contributed by atoms with E-state index in [0.717, 1.165) is 0 Å². The fourth-order valence-electron chi connectivity index (χ4n) is 3.28. The van der Waals surface area contributed by atoms with Crippen molar-refractivity contribution in [3.8, 4) is 5.75 Å². The Hall–Kier alpha value is -3.12. The first-order valence-corrected chi connectivity index (χ1v) is 10.1. The number of rotatable bonds is 10. The Labute approximate surface area is 179 Å². The number of ether oxygens (including phenoxy) is 1. The monoisotopic (exact) mass is 409 g/mol. The summed E-state index contributed by atoms with van der Waals surface area (Å²) >= 11 is 0. The van der Waals surface area contributed by atoms with Crippen LogP contribution in [0.25, 0.3) is 0 Å². The van der Waals surface area contributed by atoms with E-state index in [0.29, 0.717) is 42.3 Å². The molecule has 0 unspecified atom stereocenters. The molecule has 0 aliphatic carbocycles. The first-order valence-electron chi connectivity index (χ1n) is 10.1. The largest absolute Gasteiger partial charge is 0.497 e. The minimum absolute atomic E-state index is 0.101. The first kappa shape index (κ1) is 23.2. The molecular formula is C24H31N3O3. The predicted molar refractivity (Wildman–Crippen MR) is 122 cm³/mol. The molecule has 2 aromatic carbocycles. The van der Waals surface area contributed by atoms with Crippen LogP contribution in [-0.2, 0) is 4.79 Å². The van der Waals surface area contributed by atoms with Crippen molar-refractivity contribution < 1.29 is 14.3 Å². The average molecular weight is 410 g/mol. The van der Waals surface area contributed by atoms with Crippen molar-refractivity contribution in [1.29, 1.82) is 0 Å². The van der Waals surface area contributed by atoms with Gasteiger partial charge >= 0.3 is 0 Å². The molecule has 0 saturated heterocycles. The van der Waals surface area contributed by atoms with Crippen molar-refractivity contribution in [3.05, 3.63) is 66.7 Å². The number of hydrogen-bond donors (Lipinski definition) is 0. The van der Waals surface area contributed by atoms with Crippen LogP contribution in [0.15, 0.2) is 61.2 Å². The highest BCUT2D eigenvalue weighted by atomic mass is 16.5. The highest BCUT2D eigenvalue weighted by Gasteiger charge is 2.26. The maximum Gasteiger partial charge on any atom is 0.255 e. The molecule has 0 spiro atoms. The lowest BCUT2D eigenvalue weighted by Crippen LogP contribution is -2.38. The molecule has 2 amide bonds. The Bertz CT molecular complexity index is 878. The van der Waals surface area contributed by atoms with Gasteiger partial charge in [0.2, 0.25) is 5.91 Å². The lowest BCUT2D eigenvalue weighted by Gasteiger charge is -2.29. The fraction of sp³-hybridized carbons (Fsp3) is 0.333. The maximum atomic E-state index is 13.4. The summed E-state index contributed by atoms with van der Waals surface area (Å²) in [5, 5.41) is 0. The van der Waals surface area contributed by atoms with Crippen molar-refractivity contribution in [2.75, 3.05) is 45.2 Å². The van der Waals surface area contributed by atoms with Crippen LogP contribution in [0.1, 0.15) is 24.2 Å². The Morgan fingerprint density at radius 2 is 1.77 bits per heavy atom. The molecule has 0 aliphatic heterocycles. The van der Waals surface area contributed by atoms with E-state index in [1.165, 1.54) is 0 Å². The smallest absolute Gasteiger partial charge is 0.255 e. The van der Waals surface area contributed by atoms with Crippen LogP contribution in [-0.4, -0.2) is 62.0 Å². The summed E-state index contributed by atoms with van der Waals surface area (Å²) < 4.78 is 5.35. The molecule has 0 heterocycles. The summed E-state index contributed by atoms with van der Waals surface area (Å²) in [6.45, 7) is 9.57. The van der Waals surface area contributed by atoms with Crippen LogP contribution in [0, 0.1) is 0 Å². The predicted octanol–water partition coefficient (Wildman–Crippen LogP) is 3.96. The summed E-state index contributed by atoms with van der Waals surface area (Å²) in [5.41, 5.74) is 1.69. The summed E-state index contributed by atoms with van der Waals surface area (Å²) in [4.78, 5) is 31.8. The van der Waals surface area contributed by atoms with Crippen LogP contribution in [0.4, 0.5) is 11.4 Å². The van der Waals surface area contributed by atoms with E-state index in [4.69, 9.17) is 4.74 Å². The second kappa shape index (κ2) is 11.2. The molecule has 6 heteroatoms. The highest BCUT2D eigenvalue weighted by Crippen LogP contribution is 2.32. The number of para-hydroxylation sites is 1. The molecule has 2 aromatic rings. The zero-order valence-electron chi connectivity index (χ0n) is 18.3.